The molecule has 106 valence electrons. The Hall–Kier alpha value is -1.81. The largest absolute Gasteiger partial charge is 0.398 e. The number of nitrogens with zero attached hydrogens (tertiary/aromatic N) is 1. The van der Waals surface area contributed by atoms with Crippen LogP contribution in [0.3, 0.4) is 0 Å². The van der Waals surface area contributed by atoms with Gasteiger partial charge in [-0.15, -0.1) is 0 Å². The number of pyridine rings is 1. The number of ether oxygens (including phenoxy) is 1. The molecule has 0 amide bonds. The first-order chi connectivity index (χ1) is 9.74. The number of hydrogen-bond donors (Lipinski definition) is 2. The summed E-state index contributed by atoms with van der Waals surface area (Å²) in [7, 11) is 0. The molecule has 1 saturated heterocycles. The summed E-state index contributed by atoms with van der Waals surface area (Å²) in [4.78, 5) is 4.33. The van der Waals surface area contributed by atoms with Crippen LogP contribution < -0.4 is 11.1 Å². The summed E-state index contributed by atoms with van der Waals surface area (Å²) in [5.74, 6) is 0. The quantitative estimate of drug-likeness (QED) is 0.842. The van der Waals surface area contributed by atoms with Crippen LogP contribution in [0.1, 0.15) is 25.0 Å². The number of benzene rings is 1. The number of nitrogens with two attached hydrogens (primary N) is 1. The number of nitrogen functional groups attached to an aromatic ring is 1. The number of fused-ring (bicyclic) bond motifs is 1. The predicted molar refractivity (Wildman–Crippen MR) is 83.0 cm³/mol. The lowest BCUT2D eigenvalue weighted by Crippen LogP contribution is -2.27. The molecule has 1 aromatic carbocycles. The third kappa shape index (κ3) is 2.70. The highest BCUT2D eigenvalue weighted by Crippen LogP contribution is 2.28. The maximum atomic E-state index is 6.02. The number of rotatable bonds is 3. The van der Waals surface area contributed by atoms with Gasteiger partial charge in [0.1, 0.15) is 0 Å². The van der Waals surface area contributed by atoms with Crippen molar-refractivity contribution < 1.29 is 4.74 Å². The van der Waals surface area contributed by atoms with Crippen LogP contribution >= 0.6 is 0 Å². The molecule has 1 unspecified atom stereocenters. The van der Waals surface area contributed by atoms with Crippen molar-refractivity contribution in [2.75, 3.05) is 24.2 Å². The number of aryl methyl sites for hydroxylation is 1. The van der Waals surface area contributed by atoms with E-state index < -0.39 is 0 Å². The van der Waals surface area contributed by atoms with Crippen LogP contribution in [-0.2, 0) is 4.74 Å². The molecule has 1 aliphatic heterocycles. The first-order valence-electron chi connectivity index (χ1n) is 7.24. The van der Waals surface area contributed by atoms with E-state index in [1.54, 1.807) is 0 Å². The lowest BCUT2D eigenvalue weighted by Gasteiger charge is -2.23. The summed E-state index contributed by atoms with van der Waals surface area (Å²) < 4.78 is 5.76. The van der Waals surface area contributed by atoms with Crippen LogP contribution in [0, 0.1) is 6.92 Å². The van der Waals surface area contributed by atoms with Crippen molar-refractivity contribution in [3.05, 3.63) is 30.1 Å². The molecule has 3 rings (SSSR count). The van der Waals surface area contributed by atoms with Crippen molar-refractivity contribution in [2.45, 2.75) is 32.3 Å². The Bertz CT molecular complexity index is 606. The van der Waals surface area contributed by atoms with Gasteiger partial charge in [-0.25, -0.2) is 0 Å². The lowest BCUT2D eigenvalue weighted by molar-refractivity contribution is 0.0248. The third-order valence-corrected chi connectivity index (χ3v) is 3.87. The van der Waals surface area contributed by atoms with Crippen LogP contribution in [0.4, 0.5) is 11.4 Å². The minimum absolute atomic E-state index is 0.319. The molecule has 0 spiro atoms. The molecule has 4 nitrogen and oxygen atoms in total. The molecule has 1 atom stereocenters. The highest BCUT2D eigenvalue weighted by atomic mass is 16.5. The first kappa shape index (κ1) is 13.2. The van der Waals surface area contributed by atoms with E-state index in [2.05, 4.69) is 16.4 Å². The van der Waals surface area contributed by atoms with Crippen molar-refractivity contribution in [3.63, 3.8) is 0 Å². The zero-order valence-corrected chi connectivity index (χ0v) is 11.9. The number of hydrogen-bond acceptors (Lipinski definition) is 4. The van der Waals surface area contributed by atoms with Gasteiger partial charge in [0.25, 0.3) is 0 Å². The third-order valence-electron chi connectivity index (χ3n) is 3.87. The van der Waals surface area contributed by atoms with E-state index in [4.69, 9.17) is 10.5 Å². The van der Waals surface area contributed by atoms with Crippen LogP contribution in [0.15, 0.2) is 24.4 Å². The molecule has 0 saturated carbocycles. The van der Waals surface area contributed by atoms with Crippen LogP contribution in [0.25, 0.3) is 10.8 Å². The van der Waals surface area contributed by atoms with Gasteiger partial charge in [-0.2, -0.15) is 0 Å². The Morgan fingerprint density at radius 1 is 1.35 bits per heavy atom. The van der Waals surface area contributed by atoms with Gasteiger partial charge < -0.3 is 15.8 Å². The van der Waals surface area contributed by atoms with Crippen LogP contribution in [0.5, 0.6) is 0 Å². The Balaban J connectivity index is 1.83. The van der Waals surface area contributed by atoms with Gasteiger partial charge in [0.15, 0.2) is 0 Å². The van der Waals surface area contributed by atoms with Crippen LogP contribution in [-0.4, -0.2) is 24.2 Å². The normalized spacial score (nSPS) is 19.1. The van der Waals surface area contributed by atoms with Crippen molar-refractivity contribution in [1.29, 1.82) is 0 Å². The SMILES string of the molecule is Cc1cc2c(NCC3CCCCO3)ccc(N)c2cn1. The van der Waals surface area contributed by atoms with Gasteiger partial charge >= 0.3 is 0 Å². The highest BCUT2D eigenvalue weighted by Gasteiger charge is 2.14. The topological polar surface area (TPSA) is 60.2 Å². The fourth-order valence-electron chi connectivity index (χ4n) is 2.71. The van der Waals surface area contributed by atoms with E-state index in [-0.39, 0.29) is 0 Å². The molecule has 3 N–H and O–H groups in total. The van der Waals surface area contributed by atoms with E-state index in [0.717, 1.165) is 47.4 Å². The molecule has 1 aromatic heterocycles. The minimum atomic E-state index is 0.319. The maximum Gasteiger partial charge on any atom is 0.0747 e. The van der Waals surface area contributed by atoms with Gasteiger partial charge in [-0.3, -0.25) is 4.98 Å². The Morgan fingerprint density at radius 2 is 2.25 bits per heavy atom. The van der Waals surface area contributed by atoms with E-state index in [1.807, 2.05) is 25.3 Å². The Morgan fingerprint density at radius 3 is 3.05 bits per heavy atom. The number of anilines is 2. The lowest BCUT2D eigenvalue weighted by atomic mass is 10.1. The Labute approximate surface area is 119 Å². The molecular weight excluding hydrogens is 250 g/mol. The summed E-state index contributed by atoms with van der Waals surface area (Å²) in [6, 6.07) is 6.05. The molecule has 0 bridgehead atoms. The van der Waals surface area contributed by atoms with Crippen molar-refractivity contribution in [1.82, 2.24) is 4.98 Å². The predicted octanol–water partition coefficient (Wildman–Crippen LogP) is 3.11. The van der Waals surface area contributed by atoms with Gasteiger partial charge in [0.05, 0.1) is 6.10 Å². The highest BCUT2D eigenvalue weighted by molar-refractivity contribution is 6.00. The molecule has 20 heavy (non-hydrogen) atoms. The number of aromatic nitrogens is 1. The fourth-order valence-corrected chi connectivity index (χ4v) is 2.71. The van der Waals surface area contributed by atoms with Gasteiger partial charge in [-0.05, 0) is 44.4 Å². The van der Waals surface area contributed by atoms with E-state index in [1.165, 1.54) is 12.8 Å². The second-order valence-corrected chi connectivity index (χ2v) is 5.44. The average Bonchev–Trinajstić information content (AvgIpc) is 2.47. The standard InChI is InChI=1S/C16H21N3O/c1-11-8-13-14(10-18-11)15(17)5-6-16(13)19-9-12-4-2-3-7-20-12/h5-6,8,10,12,19H,2-4,7,9,17H2,1H3. The van der Waals surface area contributed by atoms with Gasteiger partial charge in [0, 0.05) is 47.2 Å². The van der Waals surface area contributed by atoms with E-state index in [9.17, 15) is 0 Å². The molecule has 1 aliphatic rings. The first-order valence-corrected chi connectivity index (χ1v) is 7.24. The monoisotopic (exact) mass is 271 g/mol. The average molecular weight is 271 g/mol. The van der Waals surface area contributed by atoms with Gasteiger partial charge in [0.2, 0.25) is 0 Å². The fraction of sp³-hybridized carbons (Fsp3) is 0.438. The molecule has 2 heterocycles. The van der Waals surface area contributed by atoms with E-state index >= 15 is 0 Å². The minimum Gasteiger partial charge on any atom is -0.398 e. The maximum absolute atomic E-state index is 6.02. The van der Waals surface area contributed by atoms with Gasteiger partial charge in [-0.1, -0.05) is 0 Å². The molecular formula is C16H21N3O. The van der Waals surface area contributed by atoms with E-state index in [0.29, 0.717) is 6.10 Å². The van der Waals surface area contributed by atoms with Crippen molar-refractivity contribution in [3.8, 4) is 0 Å². The van der Waals surface area contributed by atoms with Crippen molar-refractivity contribution in [2.24, 2.45) is 0 Å². The zero-order chi connectivity index (χ0) is 13.9. The summed E-state index contributed by atoms with van der Waals surface area (Å²) >= 11 is 0. The summed E-state index contributed by atoms with van der Waals surface area (Å²) in [5.41, 5.74) is 8.90. The molecule has 2 aromatic rings. The summed E-state index contributed by atoms with van der Waals surface area (Å²) in [6.07, 6.45) is 5.76. The summed E-state index contributed by atoms with van der Waals surface area (Å²) in [6.45, 7) is 3.73. The second kappa shape index (κ2) is 5.67. The second-order valence-electron chi connectivity index (χ2n) is 5.44. The molecule has 4 heteroatoms. The van der Waals surface area contributed by atoms with Crippen LogP contribution in [0.2, 0.25) is 0 Å². The smallest absolute Gasteiger partial charge is 0.0747 e. The molecule has 0 aliphatic carbocycles. The molecule has 0 radical (unpaired) electrons. The molecule has 1 fully saturated rings. The Kier molecular flexibility index (Phi) is 3.74. The number of nitrogens with one attached hydrogen (secondary N) is 1. The zero-order valence-electron chi connectivity index (χ0n) is 11.9. The summed E-state index contributed by atoms with van der Waals surface area (Å²) in [5, 5.41) is 5.64. The van der Waals surface area contributed by atoms with Crippen molar-refractivity contribution >= 4 is 22.1 Å².